The van der Waals surface area contributed by atoms with E-state index in [2.05, 4.69) is 18.8 Å². The number of hydrogen-bond donors (Lipinski definition) is 2. The highest BCUT2D eigenvalue weighted by Gasteiger charge is 2.10. The van der Waals surface area contributed by atoms with E-state index < -0.39 is 11.3 Å². The maximum absolute atomic E-state index is 12.1. The zero-order chi connectivity index (χ0) is 14.7. The first-order valence-electron chi connectivity index (χ1n) is 6.99. The highest BCUT2D eigenvalue weighted by atomic mass is 16.3. The molecule has 0 aliphatic rings. The topological polar surface area (TPSA) is 70.2 Å². The Labute approximate surface area is 117 Å². The molecule has 20 heavy (non-hydrogen) atoms. The van der Waals surface area contributed by atoms with Gasteiger partial charge in [-0.2, -0.15) is 0 Å². The smallest absolute Gasteiger partial charge is 0.290 e. The summed E-state index contributed by atoms with van der Waals surface area (Å²) < 4.78 is 0. The second-order valence-electron chi connectivity index (χ2n) is 4.97. The Morgan fingerprint density at radius 2 is 1.80 bits per heavy atom. The summed E-state index contributed by atoms with van der Waals surface area (Å²) >= 11 is 0. The van der Waals surface area contributed by atoms with Crippen molar-refractivity contribution < 1.29 is 5.11 Å². The molecule has 2 aromatic rings. The quantitative estimate of drug-likeness (QED) is 0.899. The highest BCUT2D eigenvalue weighted by Crippen LogP contribution is 2.21. The third-order valence-electron chi connectivity index (χ3n) is 3.43. The standard InChI is InChI=1S/C16H19NO3/c1-3-5-10-7-8-12-13(18)9-14(19)16(20)17-15(12)11(10)6-4-2/h7-9,19H,3-6H2,1-2H3,(H,17,20). The first-order valence-corrected chi connectivity index (χ1v) is 6.99. The van der Waals surface area contributed by atoms with Gasteiger partial charge in [0.15, 0.2) is 11.2 Å². The molecule has 2 rings (SSSR count). The van der Waals surface area contributed by atoms with Crippen LogP contribution in [0.15, 0.2) is 27.8 Å². The molecular formula is C16H19NO3. The molecular weight excluding hydrogens is 254 g/mol. The number of nitrogens with one attached hydrogen (secondary N) is 1. The summed E-state index contributed by atoms with van der Waals surface area (Å²) in [7, 11) is 0. The maximum Gasteiger partial charge on any atom is 0.290 e. The Morgan fingerprint density at radius 3 is 2.45 bits per heavy atom. The molecule has 106 valence electrons. The van der Waals surface area contributed by atoms with Crippen molar-refractivity contribution in [3.05, 3.63) is 49.9 Å². The molecule has 0 spiro atoms. The van der Waals surface area contributed by atoms with Crippen molar-refractivity contribution in [1.82, 2.24) is 4.98 Å². The molecule has 4 heteroatoms. The minimum absolute atomic E-state index is 0.337. The second kappa shape index (κ2) is 5.90. The Balaban J connectivity index is 2.92. The molecule has 0 fully saturated rings. The zero-order valence-corrected chi connectivity index (χ0v) is 11.8. The number of hydrogen-bond acceptors (Lipinski definition) is 3. The van der Waals surface area contributed by atoms with Crippen molar-refractivity contribution >= 4 is 10.9 Å². The lowest BCUT2D eigenvalue weighted by molar-refractivity contribution is 0.468. The van der Waals surface area contributed by atoms with E-state index in [-0.39, 0.29) is 5.43 Å². The van der Waals surface area contributed by atoms with Crippen molar-refractivity contribution in [2.24, 2.45) is 0 Å². The molecule has 0 atom stereocenters. The van der Waals surface area contributed by atoms with Crippen molar-refractivity contribution in [3.63, 3.8) is 0 Å². The Kier molecular flexibility index (Phi) is 4.23. The molecule has 1 aromatic heterocycles. The average Bonchev–Trinajstić information content (AvgIpc) is 2.51. The van der Waals surface area contributed by atoms with E-state index in [0.29, 0.717) is 10.9 Å². The fourth-order valence-corrected chi connectivity index (χ4v) is 2.52. The van der Waals surface area contributed by atoms with Crippen LogP contribution in [0.1, 0.15) is 37.8 Å². The van der Waals surface area contributed by atoms with Gasteiger partial charge < -0.3 is 10.1 Å². The number of aromatic hydroxyl groups is 1. The maximum atomic E-state index is 12.1. The Hall–Kier alpha value is -2.10. The van der Waals surface area contributed by atoms with Crippen molar-refractivity contribution in [1.29, 1.82) is 0 Å². The van der Waals surface area contributed by atoms with Crippen LogP contribution in [0.3, 0.4) is 0 Å². The lowest BCUT2D eigenvalue weighted by atomic mass is 9.96. The first kappa shape index (κ1) is 14.3. The van der Waals surface area contributed by atoms with E-state index in [1.807, 2.05) is 6.07 Å². The van der Waals surface area contributed by atoms with Crippen LogP contribution in [0.25, 0.3) is 10.9 Å². The third kappa shape index (κ3) is 2.59. The summed E-state index contributed by atoms with van der Waals surface area (Å²) in [5.41, 5.74) is 1.77. The predicted octanol–water partition coefficient (Wildman–Crippen LogP) is 2.50. The number of aryl methyl sites for hydroxylation is 2. The number of aromatic amines is 1. The molecule has 0 aliphatic carbocycles. The molecule has 0 bridgehead atoms. The predicted molar refractivity (Wildman–Crippen MR) is 80.5 cm³/mol. The van der Waals surface area contributed by atoms with Crippen LogP contribution in [0.5, 0.6) is 5.75 Å². The summed E-state index contributed by atoms with van der Waals surface area (Å²) in [5.74, 6) is -0.536. The Bertz CT molecular complexity index is 747. The summed E-state index contributed by atoms with van der Waals surface area (Å²) in [4.78, 5) is 26.5. The van der Waals surface area contributed by atoms with E-state index in [0.717, 1.165) is 42.9 Å². The van der Waals surface area contributed by atoms with E-state index >= 15 is 0 Å². The molecule has 0 unspecified atom stereocenters. The van der Waals surface area contributed by atoms with Crippen LogP contribution in [-0.4, -0.2) is 10.1 Å². The Morgan fingerprint density at radius 1 is 1.10 bits per heavy atom. The lowest BCUT2D eigenvalue weighted by Gasteiger charge is -2.10. The lowest BCUT2D eigenvalue weighted by Crippen LogP contribution is -2.04. The molecule has 0 aliphatic heterocycles. The van der Waals surface area contributed by atoms with Gasteiger partial charge in [0.2, 0.25) is 0 Å². The number of rotatable bonds is 4. The van der Waals surface area contributed by atoms with Crippen LogP contribution >= 0.6 is 0 Å². The first-order chi connectivity index (χ1) is 9.58. The normalized spacial score (nSPS) is 10.9. The minimum Gasteiger partial charge on any atom is -0.503 e. The van der Waals surface area contributed by atoms with Gasteiger partial charge >= 0.3 is 0 Å². The molecule has 0 saturated heterocycles. The van der Waals surface area contributed by atoms with Crippen LogP contribution in [0, 0.1) is 0 Å². The van der Waals surface area contributed by atoms with Crippen LogP contribution < -0.4 is 11.0 Å². The van der Waals surface area contributed by atoms with Gasteiger partial charge in [-0.25, -0.2) is 0 Å². The van der Waals surface area contributed by atoms with Crippen LogP contribution in [0.4, 0.5) is 0 Å². The molecule has 0 radical (unpaired) electrons. The van der Waals surface area contributed by atoms with Gasteiger partial charge in [0.05, 0.1) is 5.52 Å². The van der Waals surface area contributed by atoms with Gasteiger partial charge in [0.1, 0.15) is 0 Å². The average molecular weight is 273 g/mol. The van der Waals surface area contributed by atoms with Gasteiger partial charge in [0.25, 0.3) is 5.56 Å². The van der Waals surface area contributed by atoms with Crippen molar-refractivity contribution in [3.8, 4) is 5.75 Å². The van der Waals surface area contributed by atoms with Gasteiger partial charge in [-0.15, -0.1) is 0 Å². The summed E-state index contributed by atoms with van der Waals surface area (Å²) in [6.07, 6.45) is 3.64. The minimum atomic E-state index is -0.622. The number of fused-ring (bicyclic) bond motifs is 1. The monoisotopic (exact) mass is 273 g/mol. The van der Waals surface area contributed by atoms with E-state index in [1.165, 1.54) is 0 Å². The summed E-state index contributed by atoms with van der Waals surface area (Å²) in [5, 5.41) is 9.97. The molecule has 2 N–H and O–H groups in total. The molecule has 0 saturated carbocycles. The molecule has 4 nitrogen and oxygen atoms in total. The molecule has 1 heterocycles. The highest BCUT2D eigenvalue weighted by molar-refractivity contribution is 5.82. The number of H-pyrrole nitrogens is 1. The second-order valence-corrected chi connectivity index (χ2v) is 4.97. The largest absolute Gasteiger partial charge is 0.503 e. The van der Waals surface area contributed by atoms with E-state index in [9.17, 15) is 14.7 Å². The number of benzene rings is 1. The SMILES string of the molecule is CCCc1ccc2c(=O)cc(O)c(=O)[nH]c2c1CCC. The van der Waals surface area contributed by atoms with Crippen molar-refractivity contribution in [2.45, 2.75) is 39.5 Å². The summed E-state index contributed by atoms with van der Waals surface area (Å²) in [6, 6.07) is 4.67. The van der Waals surface area contributed by atoms with Gasteiger partial charge in [-0.3, -0.25) is 9.59 Å². The van der Waals surface area contributed by atoms with Gasteiger partial charge in [-0.05, 0) is 30.0 Å². The van der Waals surface area contributed by atoms with Crippen LogP contribution in [0.2, 0.25) is 0 Å². The zero-order valence-electron chi connectivity index (χ0n) is 11.8. The van der Waals surface area contributed by atoms with Crippen LogP contribution in [-0.2, 0) is 12.8 Å². The molecule has 1 aromatic carbocycles. The van der Waals surface area contributed by atoms with E-state index in [1.54, 1.807) is 6.07 Å². The number of aromatic nitrogens is 1. The molecule has 0 amide bonds. The fraction of sp³-hybridized carbons (Fsp3) is 0.375. The van der Waals surface area contributed by atoms with Crippen molar-refractivity contribution in [2.75, 3.05) is 0 Å². The van der Waals surface area contributed by atoms with Gasteiger partial charge in [0, 0.05) is 11.5 Å². The van der Waals surface area contributed by atoms with E-state index in [4.69, 9.17) is 0 Å². The van der Waals surface area contributed by atoms with Gasteiger partial charge in [-0.1, -0.05) is 32.8 Å². The fourth-order valence-electron chi connectivity index (χ4n) is 2.52. The summed E-state index contributed by atoms with van der Waals surface area (Å²) in [6.45, 7) is 4.16. The third-order valence-corrected chi connectivity index (χ3v) is 3.43.